The van der Waals surface area contributed by atoms with Crippen molar-refractivity contribution in [2.75, 3.05) is 13.2 Å². The zero-order chi connectivity index (χ0) is 14.1. The van der Waals surface area contributed by atoms with Gasteiger partial charge in [-0.3, -0.25) is 0 Å². The molecule has 0 N–H and O–H groups in total. The summed E-state index contributed by atoms with van der Waals surface area (Å²) in [7, 11) is 0. The highest BCUT2D eigenvalue weighted by atomic mass is 17.2. The SMILES string of the molecule is c1ccc([C@H]2OO[C@@H](c3ccccc3)[C@H]3COC[C@@H]32)cc1. The van der Waals surface area contributed by atoms with Gasteiger partial charge in [-0.15, -0.1) is 0 Å². The minimum atomic E-state index is -0.0429. The second-order valence-corrected chi connectivity index (χ2v) is 5.72. The van der Waals surface area contributed by atoms with E-state index in [0.717, 1.165) is 24.3 Å². The van der Waals surface area contributed by atoms with Crippen LogP contribution in [0.5, 0.6) is 0 Å². The highest BCUT2D eigenvalue weighted by Crippen LogP contribution is 2.47. The first-order valence-electron chi connectivity index (χ1n) is 7.43. The molecule has 0 aliphatic carbocycles. The predicted molar refractivity (Wildman–Crippen MR) is 78.3 cm³/mol. The Morgan fingerprint density at radius 2 is 1.05 bits per heavy atom. The Morgan fingerprint density at radius 1 is 0.619 bits per heavy atom. The van der Waals surface area contributed by atoms with E-state index in [1.807, 2.05) is 36.4 Å². The summed E-state index contributed by atoms with van der Waals surface area (Å²) in [5.74, 6) is 0.678. The van der Waals surface area contributed by atoms with Crippen LogP contribution in [-0.4, -0.2) is 13.2 Å². The molecule has 0 aromatic heterocycles. The lowest BCUT2D eigenvalue weighted by Gasteiger charge is -2.37. The lowest BCUT2D eigenvalue weighted by atomic mass is 9.81. The van der Waals surface area contributed by atoms with Crippen LogP contribution in [0.2, 0.25) is 0 Å². The molecule has 2 fully saturated rings. The summed E-state index contributed by atoms with van der Waals surface area (Å²) in [6.07, 6.45) is -0.0858. The van der Waals surface area contributed by atoms with Crippen LogP contribution in [0.3, 0.4) is 0 Å². The molecule has 2 aliphatic heterocycles. The Labute approximate surface area is 124 Å². The van der Waals surface area contributed by atoms with Crippen LogP contribution in [0.15, 0.2) is 60.7 Å². The summed E-state index contributed by atoms with van der Waals surface area (Å²) < 4.78 is 5.73. The van der Waals surface area contributed by atoms with Gasteiger partial charge < -0.3 is 4.74 Å². The fourth-order valence-electron chi connectivity index (χ4n) is 3.36. The van der Waals surface area contributed by atoms with E-state index in [2.05, 4.69) is 24.3 Å². The molecular formula is C18H18O3. The maximum Gasteiger partial charge on any atom is 0.123 e. The van der Waals surface area contributed by atoms with E-state index >= 15 is 0 Å². The third-order valence-corrected chi connectivity index (χ3v) is 4.47. The largest absolute Gasteiger partial charge is 0.381 e. The molecule has 2 aromatic carbocycles. The maximum absolute atomic E-state index is 5.76. The van der Waals surface area contributed by atoms with Gasteiger partial charge in [-0.2, -0.15) is 0 Å². The molecule has 3 heteroatoms. The standard InChI is InChI=1S/C18H18O3/c1-3-7-13(8-4-1)17-15-11-19-12-16(15)18(21-20-17)14-9-5-2-6-10-14/h1-10,15-18H,11-12H2/t15-,16-,17-,18+/m0/s1. The van der Waals surface area contributed by atoms with E-state index in [1.165, 1.54) is 0 Å². The van der Waals surface area contributed by atoms with Crippen LogP contribution in [0.4, 0.5) is 0 Å². The van der Waals surface area contributed by atoms with Crippen molar-refractivity contribution in [2.24, 2.45) is 11.8 Å². The van der Waals surface area contributed by atoms with Crippen LogP contribution in [-0.2, 0) is 14.5 Å². The lowest BCUT2D eigenvalue weighted by Crippen LogP contribution is -2.34. The molecule has 0 saturated carbocycles. The fraction of sp³-hybridized carbons (Fsp3) is 0.333. The number of benzene rings is 2. The lowest BCUT2D eigenvalue weighted by molar-refractivity contribution is -0.403. The molecule has 4 rings (SSSR count). The van der Waals surface area contributed by atoms with Crippen molar-refractivity contribution in [3.63, 3.8) is 0 Å². The molecule has 4 atom stereocenters. The van der Waals surface area contributed by atoms with Gasteiger partial charge in [0.05, 0.1) is 13.2 Å². The van der Waals surface area contributed by atoms with Gasteiger partial charge in [0.1, 0.15) is 12.2 Å². The number of rotatable bonds is 2. The van der Waals surface area contributed by atoms with Crippen molar-refractivity contribution in [3.8, 4) is 0 Å². The highest BCUT2D eigenvalue weighted by molar-refractivity contribution is 5.22. The van der Waals surface area contributed by atoms with Crippen molar-refractivity contribution in [1.29, 1.82) is 0 Å². The Balaban J connectivity index is 1.62. The van der Waals surface area contributed by atoms with Gasteiger partial charge in [-0.1, -0.05) is 60.7 Å². The van der Waals surface area contributed by atoms with Crippen molar-refractivity contribution in [1.82, 2.24) is 0 Å². The maximum atomic E-state index is 5.76. The Bertz CT molecular complexity index is 530. The molecule has 0 bridgehead atoms. The quantitative estimate of drug-likeness (QED) is 0.786. The summed E-state index contributed by atoms with van der Waals surface area (Å²) in [6, 6.07) is 20.5. The summed E-state index contributed by atoms with van der Waals surface area (Å²) in [4.78, 5) is 11.5. The number of fused-ring (bicyclic) bond motifs is 1. The van der Waals surface area contributed by atoms with Crippen LogP contribution in [0.25, 0.3) is 0 Å². The Kier molecular flexibility index (Phi) is 3.47. The fourth-order valence-corrected chi connectivity index (χ4v) is 3.36. The monoisotopic (exact) mass is 282 g/mol. The second-order valence-electron chi connectivity index (χ2n) is 5.72. The first-order valence-corrected chi connectivity index (χ1v) is 7.43. The molecular weight excluding hydrogens is 264 g/mol. The van der Waals surface area contributed by atoms with Gasteiger partial charge in [0.15, 0.2) is 0 Å². The van der Waals surface area contributed by atoms with E-state index in [1.54, 1.807) is 0 Å². The van der Waals surface area contributed by atoms with E-state index in [-0.39, 0.29) is 12.2 Å². The van der Waals surface area contributed by atoms with Gasteiger partial charge in [-0.25, -0.2) is 9.78 Å². The van der Waals surface area contributed by atoms with Crippen molar-refractivity contribution in [2.45, 2.75) is 12.2 Å². The van der Waals surface area contributed by atoms with Gasteiger partial charge in [0, 0.05) is 11.8 Å². The third kappa shape index (κ3) is 2.38. The van der Waals surface area contributed by atoms with E-state index < -0.39 is 0 Å². The van der Waals surface area contributed by atoms with Crippen molar-refractivity contribution < 1.29 is 14.5 Å². The van der Waals surface area contributed by atoms with Crippen LogP contribution in [0.1, 0.15) is 23.3 Å². The second kappa shape index (κ2) is 5.60. The topological polar surface area (TPSA) is 27.7 Å². The summed E-state index contributed by atoms with van der Waals surface area (Å²) in [5, 5.41) is 0. The molecule has 2 saturated heterocycles. The zero-order valence-electron chi connectivity index (χ0n) is 11.7. The number of hydrogen-bond donors (Lipinski definition) is 0. The van der Waals surface area contributed by atoms with Crippen molar-refractivity contribution in [3.05, 3.63) is 71.8 Å². The average molecular weight is 282 g/mol. The Hall–Kier alpha value is -1.68. The molecule has 21 heavy (non-hydrogen) atoms. The molecule has 0 spiro atoms. The van der Waals surface area contributed by atoms with Crippen LogP contribution >= 0.6 is 0 Å². The summed E-state index contributed by atoms with van der Waals surface area (Å²) in [5.41, 5.74) is 2.31. The molecule has 0 amide bonds. The minimum Gasteiger partial charge on any atom is -0.381 e. The highest BCUT2D eigenvalue weighted by Gasteiger charge is 2.46. The minimum absolute atomic E-state index is 0.0429. The first kappa shape index (κ1) is 13.0. The zero-order valence-corrected chi connectivity index (χ0v) is 11.7. The summed E-state index contributed by atoms with van der Waals surface area (Å²) >= 11 is 0. The molecule has 108 valence electrons. The normalized spacial score (nSPS) is 31.8. The molecule has 0 unspecified atom stereocenters. The van der Waals surface area contributed by atoms with Gasteiger partial charge in [0.2, 0.25) is 0 Å². The molecule has 2 heterocycles. The third-order valence-electron chi connectivity index (χ3n) is 4.47. The number of hydrogen-bond acceptors (Lipinski definition) is 3. The number of ether oxygens (including phenoxy) is 1. The van der Waals surface area contributed by atoms with Gasteiger partial charge >= 0.3 is 0 Å². The smallest absolute Gasteiger partial charge is 0.123 e. The Morgan fingerprint density at radius 3 is 1.48 bits per heavy atom. The summed E-state index contributed by atoms with van der Waals surface area (Å²) in [6.45, 7) is 1.47. The van der Waals surface area contributed by atoms with Crippen molar-refractivity contribution >= 4 is 0 Å². The van der Waals surface area contributed by atoms with E-state index in [9.17, 15) is 0 Å². The molecule has 2 aromatic rings. The van der Waals surface area contributed by atoms with Crippen LogP contribution in [0, 0.1) is 11.8 Å². The van der Waals surface area contributed by atoms with Crippen LogP contribution < -0.4 is 0 Å². The molecule has 2 aliphatic rings. The van der Waals surface area contributed by atoms with Gasteiger partial charge in [0.25, 0.3) is 0 Å². The first-order chi connectivity index (χ1) is 10.4. The van der Waals surface area contributed by atoms with Gasteiger partial charge in [-0.05, 0) is 11.1 Å². The average Bonchev–Trinajstić information content (AvgIpc) is 3.05. The van der Waals surface area contributed by atoms with E-state index in [4.69, 9.17) is 14.5 Å². The molecule has 3 nitrogen and oxygen atoms in total. The molecule has 0 radical (unpaired) electrons. The van der Waals surface area contributed by atoms with E-state index in [0.29, 0.717) is 11.8 Å². The predicted octanol–water partition coefficient (Wildman–Crippen LogP) is 3.69.